The highest BCUT2D eigenvalue weighted by Gasteiger charge is 2.10. The summed E-state index contributed by atoms with van der Waals surface area (Å²) in [6, 6.07) is 4.92. The molecule has 0 radical (unpaired) electrons. The second-order valence-electron chi connectivity index (χ2n) is 4.09. The van der Waals surface area contributed by atoms with Gasteiger partial charge in [-0.05, 0) is 36.3 Å². The molecule has 16 heavy (non-hydrogen) atoms. The number of hydrogen-bond acceptors (Lipinski definition) is 3. The zero-order valence-corrected chi connectivity index (χ0v) is 10.4. The summed E-state index contributed by atoms with van der Waals surface area (Å²) in [5, 5.41) is 9.01. The Morgan fingerprint density at radius 1 is 1.50 bits per heavy atom. The van der Waals surface area contributed by atoms with Gasteiger partial charge in [-0.2, -0.15) is 0 Å². The molecule has 88 valence electrons. The summed E-state index contributed by atoms with van der Waals surface area (Å²) in [6.45, 7) is 4.30. The molecule has 0 aliphatic rings. The van der Waals surface area contributed by atoms with Gasteiger partial charge in [0.1, 0.15) is 0 Å². The third-order valence-electron chi connectivity index (χ3n) is 2.19. The van der Waals surface area contributed by atoms with Crippen molar-refractivity contribution in [2.24, 2.45) is 5.92 Å². The maximum Gasteiger partial charge on any atom is 0.336 e. The largest absolute Gasteiger partial charge is 0.478 e. The Bertz CT molecular complexity index is 377. The zero-order valence-electron chi connectivity index (χ0n) is 9.56. The number of carboxylic acid groups (broad SMARTS) is 1. The van der Waals surface area contributed by atoms with Crippen LogP contribution in [0, 0.1) is 5.92 Å². The summed E-state index contributed by atoms with van der Waals surface area (Å²) in [7, 11) is 0. The Balaban J connectivity index is 2.76. The first-order chi connectivity index (χ1) is 7.50. The lowest BCUT2D eigenvalue weighted by molar-refractivity contribution is 0.0693. The fraction of sp³-hybridized carbons (Fsp3) is 0.417. The topological polar surface area (TPSA) is 63.3 Å². The van der Waals surface area contributed by atoms with Crippen LogP contribution in [0.4, 0.5) is 5.69 Å². The van der Waals surface area contributed by atoms with Crippen molar-refractivity contribution in [3.8, 4) is 0 Å². The predicted molar refractivity (Wildman–Crippen MR) is 68.0 cm³/mol. The van der Waals surface area contributed by atoms with Crippen molar-refractivity contribution < 1.29 is 9.90 Å². The molecule has 0 unspecified atom stereocenters. The van der Waals surface area contributed by atoms with E-state index in [1.165, 1.54) is 0 Å². The Labute approximate surface area is 100 Å². The summed E-state index contributed by atoms with van der Waals surface area (Å²) in [5.41, 5.74) is 6.60. The number of thioether (sulfide) groups is 1. The number of carbonyl (C=O) groups is 1. The molecule has 0 amide bonds. The SMILES string of the molecule is CC(C)CCSc1cc(N)ccc1C(=O)O. The van der Waals surface area contributed by atoms with Gasteiger partial charge in [0.05, 0.1) is 5.56 Å². The summed E-state index contributed by atoms with van der Waals surface area (Å²) >= 11 is 1.56. The maximum absolute atomic E-state index is 11.0. The lowest BCUT2D eigenvalue weighted by atomic mass is 10.2. The molecular formula is C12H17NO2S. The average molecular weight is 239 g/mol. The van der Waals surface area contributed by atoms with Crippen LogP contribution >= 0.6 is 11.8 Å². The molecule has 1 aromatic carbocycles. The van der Waals surface area contributed by atoms with Crippen molar-refractivity contribution in [2.75, 3.05) is 11.5 Å². The summed E-state index contributed by atoms with van der Waals surface area (Å²) in [5.74, 6) is 0.649. The van der Waals surface area contributed by atoms with Crippen molar-refractivity contribution in [2.45, 2.75) is 25.2 Å². The first kappa shape index (κ1) is 12.9. The van der Waals surface area contributed by atoms with E-state index in [0.29, 0.717) is 17.2 Å². The van der Waals surface area contributed by atoms with Gasteiger partial charge in [-0.1, -0.05) is 13.8 Å². The van der Waals surface area contributed by atoms with Crippen LogP contribution in [0.3, 0.4) is 0 Å². The smallest absolute Gasteiger partial charge is 0.336 e. The number of aromatic carboxylic acids is 1. The predicted octanol–water partition coefficient (Wildman–Crippen LogP) is 3.11. The van der Waals surface area contributed by atoms with Crippen LogP contribution in [-0.4, -0.2) is 16.8 Å². The molecule has 0 aromatic heterocycles. The van der Waals surface area contributed by atoms with Crippen molar-refractivity contribution in [3.05, 3.63) is 23.8 Å². The first-order valence-electron chi connectivity index (χ1n) is 5.26. The number of nitrogen functional groups attached to an aromatic ring is 1. The molecule has 0 bridgehead atoms. The second kappa shape index (κ2) is 5.80. The Hall–Kier alpha value is -1.16. The first-order valence-corrected chi connectivity index (χ1v) is 6.25. The molecular weight excluding hydrogens is 222 g/mol. The van der Waals surface area contributed by atoms with E-state index >= 15 is 0 Å². The highest BCUT2D eigenvalue weighted by Crippen LogP contribution is 2.26. The van der Waals surface area contributed by atoms with Gasteiger partial charge in [0, 0.05) is 10.6 Å². The summed E-state index contributed by atoms with van der Waals surface area (Å²) < 4.78 is 0. The standard InChI is InChI=1S/C12H17NO2S/c1-8(2)5-6-16-11-7-9(13)3-4-10(11)12(14)15/h3-4,7-8H,5-6,13H2,1-2H3,(H,14,15). The number of rotatable bonds is 5. The van der Waals surface area contributed by atoms with E-state index in [1.807, 2.05) is 0 Å². The number of hydrogen-bond donors (Lipinski definition) is 2. The molecule has 0 atom stereocenters. The number of nitrogens with two attached hydrogens (primary N) is 1. The molecule has 1 rings (SSSR count). The molecule has 3 nitrogen and oxygen atoms in total. The summed E-state index contributed by atoms with van der Waals surface area (Å²) in [6.07, 6.45) is 1.07. The van der Waals surface area contributed by atoms with Crippen molar-refractivity contribution in [1.29, 1.82) is 0 Å². The van der Waals surface area contributed by atoms with E-state index in [9.17, 15) is 4.79 Å². The van der Waals surface area contributed by atoms with E-state index in [0.717, 1.165) is 17.1 Å². The van der Waals surface area contributed by atoms with E-state index in [-0.39, 0.29) is 0 Å². The van der Waals surface area contributed by atoms with E-state index in [2.05, 4.69) is 13.8 Å². The lowest BCUT2D eigenvalue weighted by Gasteiger charge is -2.08. The third kappa shape index (κ3) is 3.77. The van der Waals surface area contributed by atoms with E-state index < -0.39 is 5.97 Å². The normalized spacial score (nSPS) is 10.7. The summed E-state index contributed by atoms with van der Waals surface area (Å²) in [4.78, 5) is 11.7. The minimum atomic E-state index is -0.896. The van der Waals surface area contributed by atoms with Gasteiger partial charge in [0.2, 0.25) is 0 Å². The number of carboxylic acids is 1. The van der Waals surface area contributed by atoms with Crippen LogP contribution < -0.4 is 5.73 Å². The van der Waals surface area contributed by atoms with Crippen LogP contribution in [-0.2, 0) is 0 Å². The van der Waals surface area contributed by atoms with Crippen molar-refractivity contribution >= 4 is 23.4 Å². The molecule has 0 saturated heterocycles. The molecule has 0 heterocycles. The van der Waals surface area contributed by atoms with Gasteiger partial charge in [0.15, 0.2) is 0 Å². The fourth-order valence-electron chi connectivity index (χ4n) is 1.24. The van der Waals surface area contributed by atoms with Crippen LogP contribution in [0.1, 0.15) is 30.6 Å². The highest BCUT2D eigenvalue weighted by atomic mass is 32.2. The highest BCUT2D eigenvalue weighted by molar-refractivity contribution is 7.99. The third-order valence-corrected chi connectivity index (χ3v) is 3.28. The Morgan fingerprint density at radius 3 is 2.75 bits per heavy atom. The van der Waals surface area contributed by atoms with Crippen molar-refractivity contribution in [1.82, 2.24) is 0 Å². The zero-order chi connectivity index (χ0) is 12.1. The molecule has 1 aromatic rings. The van der Waals surface area contributed by atoms with Crippen LogP contribution in [0.5, 0.6) is 0 Å². The quantitative estimate of drug-likeness (QED) is 0.612. The Morgan fingerprint density at radius 2 is 2.19 bits per heavy atom. The van der Waals surface area contributed by atoms with Gasteiger partial charge in [0.25, 0.3) is 0 Å². The van der Waals surface area contributed by atoms with Gasteiger partial charge in [-0.25, -0.2) is 4.79 Å². The molecule has 3 N–H and O–H groups in total. The maximum atomic E-state index is 11.0. The molecule has 4 heteroatoms. The monoisotopic (exact) mass is 239 g/mol. The van der Waals surface area contributed by atoms with Gasteiger partial charge < -0.3 is 10.8 Å². The van der Waals surface area contributed by atoms with Crippen LogP contribution in [0.15, 0.2) is 23.1 Å². The van der Waals surface area contributed by atoms with E-state index in [4.69, 9.17) is 10.8 Å². The van der Waals surface area contributed by atoms with Gasteiger partial charge in [-0.3, -0.25) is 0 Å². The number of anilines is 1. The lowest BCUT2D eigenvalue weighted by Crippen LogP contribution is -2.00. The van der Waals surface area contributed by atoms with Gasteiger partial charge in [-0.15, -0.1) is 11.8 Å². The molecule has 0 fully saturated rings. The average Bonchev–Trinajstić information content (AvgIpc) is 2.16. The Kier molecular flexibility index (Phi) is 4.68. The van der Waals surface area contributed by atoms with Gasteiger partial charge >= 0.3 is 5.97 Å². The van der Waals surface area contributed by atoms with Crippen LogP contribution in [0.25, 0.3) is 0 Å². The molecule has 0 spiro atoms. The second-order valence-corrected chi connectivity index (χ2v) is 5.23. The van der Waals surface area contributed by atoms with Crippen LogP contribution in [0.2, 0.25) is 0 Å². The minimum Gasteiger partial charge on any atom is -0.478 e. The fourth-order valence-corrected chi connectivity index (χ4v) is 2.58. The minimum absolute atomic E-state index is 0.336. The molecule has 0 aliphatic heterocycles. The van der Waals surface area contributed by atoms with Crippen molar-refractivity contribution in [3.63, 3.8) is 0 Å². The molecule has 0 saturated carbocycles. The van der Waals surface area contributed by atoms with E-state index in [1.54, 1.807) is 30.0 Å². The number of benzene rings is 1. The molecule has 0 aliphatic carbocycles.